The molecule has 0 fully saturated rings. The molecule has 0 saturated carbocycles. The third-order valence-electron chi connectivity index (χ3n) is 2.24. The first-order valence-corrected chi connectivity index (χ1v) is 5.87. The number of hydrogen-bond acceptors (Lipinski definition) is 2. The normalized spacial score (nSPS) is 11.7. The van der Waals surface area contributed by atoms with E-state index in [0.29, 0.717) is 12.2 Å². The van der Waals surface area contributed by atoms with E-state index >= 15 is 0 Å². The number of ether oxygens (including phenoxy) is 1. The zero-order valence-corrected chi connectivity index (χ0v) is 10.1. The Labute approximate surface area is 103 Å². The molecule has 0 heterocycles. The molecule has 0 N–H and O–H groups in total. The van der Waals surface area contributed by atoms with Gasteiger partial charge in [-0.3, -0.25) is 4.79 Å². The second kappa shape index (κ2) is 8.34. The molecule has 0 spiro atoms. The van der Waals surface area contributed by atoms with Gasteiger partial charge in [-0.05, 0) is 24.1 Å². The Balaban J connectivity index is 2.54. The van der Waals surface area contributed by atoms with Gasteiger partial charge in [-0.2, -0.15) is 0 Å². The quantitative estimate of drug-likeness (QED) is 0.235. The van der Waals surface area contributed by atoms with Crippen LogP contribution in [0.4, 0.5) is 0 Å². The first-order valence-electron chi connectivity index (χ1n) is 5.87. The summed E-state index contributed by atoms with van der Waals surface area (Å²) < 4.78 is 5.26. The topological polar surface area (TPSA) is 26.3 Å². The van der Waals surface area contributed by atoms with Gasteiger partial charge in [0, 0.05) is 5.57 Å². The molecule has 1 aromatic carbocycles. The lowest BCUT2D eigenvalue weighted by molar-refractivity contribution is -0.104. The van der Waals surface area contributed by atoms with E-state index in [9.17, 15) is 4.79 Å². The summed E-state index contributed by atoms with van der Waals surface area (Å²) in [5, 5.41) is 0. The molecule has 0 bridgehead atoms. The van der Waals surface area contributed by atoms with Crippen molar-refractivity contribution in [3.8, 4) is 0 Å². The Morgan fingerprint density at radius 3 is 2.71 bits per heavy atom. The number of carbonyl (C=O) groups excluding carboxylic acids is 1. The molecule has 1 aromatic rings. The number of aldehydes is 1. The van der Waals surface area contributed by atoms with Gasteiger partial charge >= 0.3 is 0 Å². The number of rotatable bonds is 7. The van der Waals surface area contributed by atoms with Crippen LogP contribution >= 0.6 is 0 Å². The number of hydrogen-bond donors (Lipinski definition) is 0. The van der Waals surface area contributed by atoms with Crippen LogP contribution in [0.25, 0.3) is 6.08 Å². The van der Waals surface area contributed by atoms with Crippen LogP contribution in [0.2, 0.25) is 0 Å². The fraction of sp³-hybridized carbons (Fsp3) is 0.267. The average Bonchev–Trinajstić information content (AvgIpc) is 2.38. The van der Waals surface area contributed by atoms with Crippen molar-refractivity contribution in [3.05, 3.63) is 53.8 Å². The van der Waals surface area contributed by atoms with Crippen LogP contribution in [0.5, 0.6) is 0 Å². The Hall–Kier alpha value is -1.83. The largest absolute Gasteiger partial charge is 0.501 e. The highest BCUT2D eigenvalue weighted by molar-refractivity contribution is 5.85. The van der Waals surface area contributed by atoms with Crippen molar-refractivity contribution in [3.63, 3.8) is 0 Å². The van der Waals surface area contributed by atoms with Crippen LogP contribution in [0.15, 0.2) is 48.2 Å². The minimum Gasteiger partial charge on any atom is -0.501 e. The van der Waals surface area contributed by atoms with Gasteiger partial charge in [0.25, 0.3) is 0 Å². The highest BCUT2D eigenvalue weighted by Crippen LogP contribution is 2.06. The van der Waals surface area contributed by atoms with Crippen LogP contribution in [0.1, 0.15) is 25.3 Å². The lowest BCUT2D eigenvalue weighted by atomic mass is 10.1. The van der Waals surface area contributed by atoms with Gasteiger partial charge in [0.05, 0.1) is 12.9 Å². The van der Waals surface area contributed by atoms with E-state index < -0.39 is 0 Å². The molecule has 2 heteroatoms. The molecule has 0 aliphatic rings. The van der Waals surface area contributed by atoms with Gasteiger partial charge in [0.15, 0.2) is 0 Å². The molecule has 0 saturated heterocycles. The third-order valence-corrected chi connectivity index (χ3v) is 2.24. The van der Waals surface area contributed by atoms with Crippen LogP contribution in [0, 0.1) is 0 Å². The van der Waals surface area contributed by atoms with Gasteiger partial charge in [0.2, 0.25) is 0 Å². The summed E-state index contributed by atoms with van der Waals surface area (Å²) in [6.07, 6.45) is 8.06. The van der Waals surface area contributed by atoms with E-state index in [2.05, 4.69) is 6.92 Å². The number of allylic oxidation sites excluding steroid dienone is 2. The molecule has 90 valence electrons. The highest BCUT2D eigenvalue weighted by Gasteiger charge is 1.91. The average molecular weight is 230 g/mol. The summed E-state index contributed by atoms with van der Waals surface area (Å²) >= 11 is 0. The Bertz CT molecular complexity index is 377. The van der Waals surface area contributed by atoms with E-state index in [1.807, 2.05) is 36.4 Å². The molecular formula is C15H18O2. The van der Waals surface area contributed by atoms with Crippen LogP contribution in [-0.2, 0) is 9.53 Å². The number of carbonyl (C=O) groups is 1. The second-order valence-corrected chi connectivity index (χ2v) is 3.70. The molecule has 0 amide bonds. The Kier molecular flexibility index (Phi) is 6.49. The van der Waals surface area contributed by atoms with Crippen molar-refractivity contribution in [1.82, 2.24) is 0 Å². The SMILES string of the molecule is CCCCO/C=C/C(C=O)=C/c1ccccc1. The summed E-state index contributed by atoms with van der Waals surface area (Å²) in [5.41, 5.74) is 1.61. The molecule has 0 unspecified atom stereocenters. The maximum absolute atomic E-state index is 10.9. The molecule has 0 aliphatic heterocycles. The summed E-state index contributed by atoms with van der Waals surface area (Å²) in [4.78, 5) is 10.9. The lowest BCUT2D eigenvalue weighted by Gasteiger charge is -1.98. The van der Waals surface area contributed by atoms with Crippen LogP contribution < -0.4 is 0 Å². The number of benzene rings is 1. The zero-order valence-electron chi connectivity index (χ0n) is 10.1. The molecule has 0 atom stereocenters. The second-order valence-electron chi connectivity index (χ2n) is 3.70. The number of unbranched alkanes of at least 4 members (excludes halogenated alkanes) is 1. The molecular weight excluding hydrogens is 212 g/mol. The van der Waals surface area contributed by atoms with Crippen molar-refractivity contribution in [2.24, 2.45) is 0 Å². The standard InChI is InChI=1S/C15H18O2/c1-2-3-10-17-11-9-15(13-16)12-14-7-5-4-6-8-14/h4-9,11-13H,2-3,10H2,1H3/b11-9+,15-12-. The summed E-state index contributed by atoms with van der Waals surface area (Å²) in [7, 11) is 0. The lowest BCUT2D eigenvalue weighted by Crippen LogP contribution is -1.86. The van der Waals surface area contributed by atoms with Gasteiger partial charge < -0.3 is 4.74 Å². The zero-order chi connectivity index (χ0) is 12.3. The van der Waals surface area contributed by atoms with E-state index in [0.717, 1.165) is 24.7 Å². The van der Waals surface area contributed by atoms with Crippen molar-refractivity contribution in [2.75, 3.05) is 6.61 Å². The van der Waals surface area contributed by atoms with E-state index in [1.165, 1.54) is 0 Å². The summed E-state index contributed by atoms with van der Waals surface area (Å²) in [5.74, 6) is 0. The monoisotopic (exact) mass is 230 g/mol. The van der Waals surface area contributed by atoms with E-state index in [4.69, 9.17) is 4.74 Å². The van der Waals surface area contributed by atoms with Gasteiger partial charge in [0.1, 0.15) is 6.29 Å². The van der Waals surface area contributed by atoms with Crippen molar-refractivity contribution < 1.29 is 9.53 Å². The molecule has 17 heavy (non-hydrogen) atoms. The predicted molar refractivity (Wildman–Crippen MR) is 70.5 cm³/mol. The van der Waals surface area contributed by atoms with Crippen molar-refractivity contribution >= 4 is 12.4 Å². The van der Waals surface area contributed by atoms with Crippen LogP contribution in [-0.4, -0.2) is 12.9 Å². The van der Waals surface area contributed by atoms with Gasteiger partial charge in [-0.1, -0.05) is 43.7 Å². The molecule has 1 rings (SSSR count). The first-order chi connectivity index (χ1) is 8.36. The maximum Gasteiger partial charge on any atom is 0.150 e. The van der Waals surface area contributed by atoms with Crippen molar-refractivity contribution in [2.45, 2.75) is 19.8 Å². The maximum atomic E-state index is 10.9. The minimum absolute atomic E-state index is 0.604. The predicted octanol–water partition coefficient (Wildman–Crippen LogP) is 3.60. The minimum atomic E-state index is 0.604. The fourth-order valence-corrected chi connectivity index (χ4v) is 1.29. The molecule has 0 aliphatic carbocycles. The Morgan fingerprint density at radius 1 is 1.29 bits per heavy atom. The van der Waals surface area contributed by atoms with Crippen LogP contribution in [0.3, 0.4) is 0 Å². The summed E-state index contributed by atoms with van der Waals surface area (Å²) in [6, 6.07) is 9.73. The Morgan fingerprint density at radius 2 is 2.06 bits per heavy atom. The fourth-order valence-electron chi connectivity index (χ4n) is 1.29. The smallest absolute Gasteiger partial charge is 0.150 e. The molecule has 0 aromatic heterocycles. The highest BCUT2D eigenvalue weighted by atomic mass is 16.5. The van der Waals surface area contributed by atoms with Gasteiger partial charge in [-0.15, -0.1) is 0 Å². The van der Waals surface area contributed by atoms with E-state index in [1.54, 1.807) is 12.3 Å². The summed E-state index contributed by atoms with van der Waals surface area (Å²) in [6.45, 7) is 2.81. The molecule has 0 radical (unpaired) electrons. The van der Waals surface area contributed by atoms with E-state index in [-0.39, 0.29) is 0 Å². The molecule has 2 nitrogen and oxygen atoms in total. The van der Waals surface area contributed by atoms with Gasteiger partial charge in [-0.25, -0.2) is 0 Å². The van der Waals surface area contributed by atoms with Crippen molar-refractivity contribution in [1.29, 1.82) is 0 Å². The first kappa shape index (κ1) is 13.2. The third kappa shape index (κ3) is 5.71.